The predicted molar refractivity (Wildman–Crippen MR) is 338 cm³/mol. The number of hydrogen-bond donors (Lipinski definition) is 6. The van der Waals surface area contributed by atoms with Crippen LogP contribution in [0, 0.1) is 0 Å². The molecule has 0 aromatic rings. The van der Waals surface area contributed by atoms with Crippen LogP contribution >= 0.6 is 0 Å². The molecule has 0 aromatic carbocycles. The Morgan fingerprint density at radius 2 is 0.802 bits per heavy atom. The summed E-state index contributed by atoms with van der Waals surface area (Å²) in [6, 6.07) is -0.825. The molecule has 0 bridgehead atoms. The molecule has 1 amide bonds. The summed E-state index contributed by atoms with van der Waals surface area (Å²) < 4.78 is 16.7. The molecule has 6 N–H and O–H groups in total. The van der Waals surface area contributed by atoms with E-state index in [0.29, 0.717) is 19.4 Å². The predicted octanol–water partition coefficient (Wildman–Crippen LogP) is 17.6. The molecule has 478 valence electrons. The van der Waals surface area contributed by atoms with E-state index in [1.807, 2.05) is 6.08 Å². The van der Waals surface area contributed by atoms with E-state index < -0.39 is 49.5 Å². The van der Waals surface area contributed by atoms with Gasteiger partial charge in [-0.2, -0.15) is 0 Å². The molecule has 1 fully saturated rings. The van der Waals surface area contributed by atoms with Crippen LogP contribution in [0.15, 0.2) is 24.3 Å². The number of carbonyl (C=O) groups is 2. The Morgan fingerprint density at radius 3 is 1.22 bits per heavy atom. The number of aliphatic hydroxyl groups excluding tert-OH is 5. The van der Waals surface area contributed by atoms with Gasteiger partial charge in [0.1, 0.15) is 24.4 Å². The summed E-state index contributed by atoms with van der Waals surface area (Å²) in [6.45, 7) is 4.36. The Balaban J connectivity index is 1.99. The van der Waals surface area contributed by atoms with Gasteiger partial charge < -0.3 is 45.1 Å². The van der Waals surface area contributed by atoms with Gasteiger partial charge in [-0.25, -0.2) is 0 Å². The summed E-state index contributed by atoms with van der Waals surface area (Å²) in [5, 5.41) is 54.5. The van der Waals surface area contributed by atoms with E-state index in [9.17, 15) is 35.1 Å². The van der Waals surface area contributed by atoms with Gasteiger partial charge in [0.25, 0.3) is 0 Å². The molecular formula is C70H133NO10. The molecule has 81 heavy (non-hydrogen) atoms. The summed E-state index contributed by atoms with van der Waals surface area (Å²) in [5.41, 5.74) is 0. The van der Waals surface area contributed by atoms with Crippen molar-refractivity contribution in [3.8, 4) is 0 Å². The number of amides is 1. The molecule has 1 heterocycles. The van der Waals surface area contributed by atoms with Gasteiger partial charge in [0.05, 0.1) is 32.0 Å². The molecular weight excluding hydrogens is 1010 g/mol. The zero-order valence-corrected chi connectivity index (χ0v) is 53.0. The molecule has 1 rings (SSSR count). The van der Waals surface area contributed by atoms with Crippen molar-refractivity contribution in [1.29, 1.82) is 0 Å². The number of carbonyl (C=O) groups excluding carboxylic acids is 2. The average molecular weight is 1150 g/mol. The number of unbranched alkanes of at least 4 members (excludes halogenated alkanes) is 46. The van der Waals surface area contributed by atoms with Crippen molar-refractivity contribution in [2.24, 2.45) is 0 Å². The van der Waals surface area contributed by atoms with Gasteiger partial charge in [-0.05, 0) is 44.9 Å². The molecule has 11 nitrogen and oxygen atoms in total. The molecule has 7 atom stereocenters. The van der Waals surface area contributed by atoms with Crippen molar-refractivity contribution >= 4 is 11.9 Å². The lowest BCUT2D eigenvalue weighted by atomic mass is 9.99. The Labute approximate surface area is 499 Å². The van der Waals surface area contributed by atoms with E-state index >= 15 is 0 Å². The largest absolute Gasteiger partial charge is 0.466 e. The fourth-order valence-electron chi connectivity index (χ4n) is 11.3. The third kappa shape index (κ3) is 49.0. The topological polar surface area (TPSA) is 175 Å². The van der Waals surface area contributed by atoms with Crippen molar-refractivity contribution in [2.75, 3.05) is 19.8 Å². The normalized spacial score (nSPS) is 18.3. The van der Waals surface area contributed by atoms with Gasteiger partial charge in [-0.3, -0.25) is 9.59 Å². The molecule has 1 aliphatic rings. The third-order valence-electron chi connectivity index (χ3n) is 16.8. The van der Waals surface area contributed by atoms with E-state index in [1.165, 1.54) is 270 Å². The Hall–Kier alpha value is -1.86. The number of aliphatic hydroxyl groups is 5. The highest BCUT2D eigenvalue weighted by Crippen LogP contribution is 2.23. The van der Waals surface area contributed by atoms with Crippen molar-refractivity contribution in [3.05, 3.63) is 24.3 Å². The summed E-state index contributed by atoms with van der Waals surface area (Å²) in [6.07, 6.45) is 64.5. The first-order valence-corrected chi connectivity index (χ1v) is 35.1. The highest BCUT2D eigenvalue weighted by Gasteiger charge is 2.44. The number of nitrogens with one attached hydrogen (secondary N) is 1. The van der Waals surface area contributed by atoms with Gasteiger partial charge in [-0.15, -0.1) is 0 Å². The fraction of sp³-hybridized carbons (Fsp3) is 0.914. The van der Waals surface area contributed by atoms with Crippen LogP contribution in [0.3, 0.4) is 0 Å². The number of esters is 1. The average Bonchev–Trinajstić information content (AvgIpc) is 3.49. The summed E-state index contributed by atoms with van der Waals surface area (Å²) >= 11 is 0. The zero-order chi connectivity index (χ0) is 58.7. The molecule has 1 aliphatic heterocycles. The van der Waals surface area contributed by atoms with E-state index in [4.69, 9.17) is 14.2 Å². The van der Waals surface area contributed by atoms with Crippen LogP contribution < -0.4 is 5.32 Å². The van der Waals surface area contributed by atoms with Gasteiger partial charge >= 0.3 is 5.97 Å². The van der Waals surface area contributed by atoms with Crippen molar-refractivity contribution in [1.82, 2.24) is 5.32 Å². The van der Waals surface area contributed by atoms with Crippen molar-refractivity contribution in [3.63, 3.8) is 0 Å². The van der Waals surface area contributed by atoms with E-state index in [1.54, 1.807) is 6.08 Å². The van der Waals surface area contributed by atoms with Crippen LogP contribution in [-0.2, 0) is 23.8 Å². The molecule has 11 heteroatoms. The Bertz CT molecular complexity index is 1390. The van der Waals surface area contributed by atoms with E-state index in [-0.39, 0.29) is 18.5 Å². The van der Waals surface area contributed by atoms with Crippen LogP contribution in [-0.4, -0.2) is 100 Å². The molecule has 7 unspecified atom stereocenters. The minimum atomic E-state index is -1.57. The molecule has 0 saturated carbocycles. The van der Waals surface area contributed by atoms with E-state index in [2.05, 4.69) is 31.3 Å². The molecule has 1 saturated heterocycles. The highest BCUT2D eigenvalue weighted by molar-refractivity contribution is 5.76. The highest BCUT2D eigenvalue weighted by atomic mass is 16.7. The van der Waals surface area contributed by atoms with Gasteiger partial charge in [0.2, 0.25) is 5.91 Å². The van der Waals surface area contributed by atoms with Crippen LogP contribution in [0.2, 0.25) is 0 Å². The monoisotopic (exact) mass is 1150 g/mol. The maximum absolute atomic E-state index is 13.1. The van der Waals surface area contributed by atoms with Crippen molar-refractivity contribution < 1.29 is 49.3 Å². The fourth-order valence-corrected chi connectivity index (χ4v) is 11.3. The van der Waals surface area contributed by atoms with Gasteiger partial charge in [-0.1, -0.05) is 314 Å². The number of hydrogen-bond acceptors (Lipinski definition) is 10. The summed E-state index contributed by atoms with van der Waals surface area (Å²) in [5.74, 6) is -0.177. The smallest absolute Gasteiger partial charge is 0.305 e. The number of rotatable bonds is 62. The standard InChI is InChI=1S/C70H133NO10/c1-3-5-7-9-11-13-15-16-33-37-40-44-48-52-56-63(73)62(61-80-70-69(78)68(77)67(76)64(60-72)81-70)71-65(74)57-53-49-45-41-38-34-31-29-27-25-23-21-19-17-18-20-22-24-26-28-30-32-35-39-43-47-51-55-59-79-66(75)58-54-50-46-42-36-14-12-10-8-6-4-2/h37,40,52,56,62-64,67-70,72-73,76-78H,3-36,38-39,41-51,53-55,57-61H2,1-2H3,(H,71,74)/b40-37+,56-52+. The molecule has 0 radical (unpaired) electrons. The number of ether oxygens (including phenoxy) is 3. The van der Waals surface area contributed by atoms with Crippen LogP contribution in [0.4, 0.5) is 0 Å². The molecule has 0 aliphatic carbocycles. The van der Waals surface area contributed by atoms with Crippen LogP contribution in [0.25, 0.3) is 0 Å². The van der Waals surface area contributed by atoms with E-state index in [0.717, 1.165) is 51.4 Å². The van der Waals surface area contributed by atoms with Crippen LogP contribution in [0.1, 0.15) is 348 Å². The van der Waals surface area contributed by atoms with Crippen LogP contribution in [0.5, 0.6) is 0 Å². The lowest BCUT2D eigenvalue weighted by Gasteiger charge is -2.40. The lowest BCUT2D eigenvalue weighted by Crippen LogP contribution is -2.60. The lowest BCUT2D eigenvalue weighted by molar-refractivity contribution is -0.302. The maximum Gasteiger partial charge on any atom is 0.305 e. The minimum Gasteiger partial charge on any atom is -0.466 e. The first kappa shape index (κ1) is 77.2. The Kier molecular flexibility index (Phi) is 57.0. The first-order valence-electron chi connectivity index (χ1n) is 35.1. The third-order valence-corrected chi connectivity index (χ3v) is 16.8. The number of allylic oxidation sites excluding steroid dienone is 3. The second kappa shape index (κ2) is 59.9. The van der Waals surface area contributed by atoms with Gasteiger partial charge in [0.15, 0.2) is 6.29 Å². The SMILES string of the molecule is CCCCCCCCCC/C=C/CC/C=C/C(O)C(COC1OC(CO)C(O)C(O)C1O)NC(=O)CCCCCCCCCCCCCCCCCCCCCCCCCCCCCCOC(=O)CCCCCCCCCCCCC. The minimum absolute atomic E-state index is 0.00964. The summed E-state index contributed by atoms with van der Waals surface area (Å²) in [7, 11) is 0. The first-order chi connectivity index (χ1) is 39.7. The van der Waals surface area contributed by atoms with Gasteiger partial charge in [0, 0.05) is 12.8 Å². The molecule has 0 aromatic heterocycles. The quantitative estimate of drug-likeness (QED) is 0.0195. The second-order valence-corrected chi connectivity index (χ2v) is 24.6. The second-order valence-electron chi connectivity index (χ2n) is 24.6. The Morgan fingerprint density at radius 1 is 0.444 bits per heavy atom. The zero-order valence-electron chi connectivity index (χ0n) is 53.0. The summed E-state index contributed by atoms with van der Waals surface area (Å²) in [4.78, 5) is 25.1. The molecule has 0 spiro atoms. The maximum atomic E-state index is 13.1. The van der Waals surface area contributed by atoms with Crippen molar-refractivity contribution in [2.45, 2.75) is 391 Å².